The summed E-state index contributed by atoms with van der Waals surface area (Å²) < 4.78 is 44.0. The van der Waals surface area contributed by atoms with Gasteiger partial charge in [0.15, 0.2) is 0 Å². The quantitative estimate of drug-likeness (QED) is 0.559. The third kappa shape index (κ3) is 4.95. The van der Waals surface area contributed by atoms with Crippen molar-refractivity contribution in [3.63, 3.8) is 0 Å². The maximum atomic E-state index is 13.1. The monoisotopic (exact) mass is 403 g/mol. The molecular weight excluding hydrogens is 377 g/mol. The summed E-state index contributed by atoms with van der Waals surface area (Å²) in [5, 5.41) is 20.0. The highest BCUT2D eigenvalue weighted by molar-refractivity contribution is 7.88. The lowest BCUT2D eigenvalue weighted by Gasteiger charge is -2.41. The molecule has 2 aliphatic heterocycles. The first-order valence-corrected chi connectivity index (χ1v) is 10.8. The molecule has 0 radical (unpaired) electrons. The highest BCUT2D eigenvalue weighted by Gasteiger charge is 2.46. The van der Waals surface area contributed by atoms with E-state index in [2.05, 4.69) is 14.5 Å². The molecule has 1 aromatic carbocycles. The highest BCUT2D eigenvalue weighted by Crippen LogP contribution is 2.27. The molecule has 0 aromatic heterocycles. The predicted molar refractivity (Wildman–Crippen MR) is 98.6 cm³/mol. The normalized spacial score (nSPS) is 30.0. The Morgan fingerprint density at radius 3 is 2.37 bits per heavy atom. The van der Waals surface area contributed by atoms with Gasteiger partial charge in [0, 0.05) is 38.4 Å². The first-order valence-electron chi connectivity index (χ1n) is 8.92. The minimum Gasteiger partial charge on any atom is -0.394 e. The third-order valence-corrected chi connectivity index (χ3v) is 5.81. The second kappa shape index (κ2) is 8.38. The van der Waals surface area contributed by atoms with Crippen LogP contribution in [-0.2, 0) is 14.8 Å². The fraction of sp³-hybridized carbons (Fsp3) is 0.647. The number of hydrogen-bond acceptors (Lipinski definition) is 7. The number of rotatable bonds is 6. The Labute approximate surface area is 158 Å². The maximum absolute atomic E-state index is 13.1. The number of nitrogens with zero attached hydrogens (tertiary/aromatic N) is 2. The fourth-order valence-corrected chi connectivity index (χ4v) is 4.23. The molecule has 0 saturated carbocycles. The Bertz CT molecular complexity index is 725. The van der Waals surface area contributed by atoms with Crippen molar-refractivity contribution >= 4 is 15.7 Å². The van der Waals surface area contributed by atoms with Gasteiger partial charge in [-0.3, -0.25) is 4.90 Å². The van der Waals surface area contributed by atoms with E-state index >= 15 is 0 Å². The SMILES string of the molecule is CS(=O)(=O)NCC1OC(CO)C(O)C1N1CCN(c2ccc(F)cc2)CC1. The topological polar surface area (TPSA) is 102 Å². The van der Waals surface area contributed by atoms with Crippen molar-refractivity contribution in [1.29, 1.82) is 0 Å². The smallest absolute Gasteiger partial charge is 0.208 e. The molecule has 3 N–H and O–H groups in total. The van der Waals surface area contributed by atoms with Gasteiger partial charge < -0.3 is 19.8 Å². The van der Waals surface area contributed by atoms with E-state index in [4.69, 9.17) is 4.74 Å². The molecule has 27 heavy (non-hydrogen) atoms. The zero-order valence-electron chi connectivity index (χ0n) is 15.2. The average molecular weight is 403 g/mol. The summed E-state index contributed by atoms with van der Waals surface area (Å²) >= 11 is 0. The summed E-state index contributed by atoms with van der Waals surface area (Å²) in [6.45, 7) is 2.35. The van der Waals surface area contributed by atoms with Crippen molar-refractivity contribution in [3.8, 4) is 0 Å². The number of benzene rings is 1. The molecular formula is C17H26FN3O5S. The molecule has 0 bridgehead atoms. The molecule has 0 amide bonds. The minimum absolute atomic E-state index is 0.0369. The van der Waals surface area contributed by atoms with Gasteiger partial charge in [0.05, 0.1) is 25.0 Å². The van der Waals surface area contributed by atoms with Crippen molar-refractivity contribution in [2.45, 2.75) is 24.4 Å². The van der Waals surface area contributed by atoms with Crippen LogP contribution in [0.15, 0.2) is 24.3 Å². The largest absolute Gasteiger partial charge is 0.394 e. The average Bonchev–Trinajstić information content (AvgIpc) is 2.96. The fourth-order valence-electron chi connectivity index (χ4n) is 3.76. The van der Waals surface area contributed by atoms with Crippen molar-refractivity contribution in [2.24, 2.45) is 0 Å². The van der Waals surface area contributed by atoms with Gasteiger partial charge in [-0.2, -0.15) is 0 Å². The minimum atomic E-state index is -3.39. The molecule has 2 saturated heterocycles. The lowest BCUT2D eigenvalue weighted by molar-refractivity contribution is -0.0201. The number of anilines is 1. The van der Waals surface area contributed by atoms with Crippen LogP contribution in [0.4, 0.5) is 10.1 Å². The summed E-state index contributed by atoms with van der Waals surface area (Å²) in [7, 11) is -3.39. The second-order valence-corrected chi connectivity index (χ2v) is 8.83. The van der Waals surface area contributed by atoms with Crippen molar-refractivity contribution in [3.05, 3.63) is 30.1 Å². The molecule has 0 aliphatic carbocycles. The summed E-state index contributed by atoms with van der Waals surface area (Å²) in [4.78, 5) is 4.19. The standard InChI is InChI=1S/C17H26FN3O5S/c1-27(24,25)19-10-14-16(17(23)15(11-22)26-14)21-8-6-20(7-9-21)13-4-2-12(18)3-5-13/h2-5,14-17,19,22-23H,6-11H2,1H3. The van der Waals surface area contributed by atoms with E-state index in [9.17, 15) is 23.0 Å². The Hall–Kier alpha value is -1.30. The Kier molecular flexibility index (Phi) is 6.34. The molecule has 10 heteroatoms. The third-order valence-electron chi connectivity index (χ3n) is 5.12. The van der Waals surface area contributed by atoms with E-state index in [1.165, 1.54) is 12.1 Å². The summed E-state index contributed by atoms with van der Waals surface area (Å²) in [5.41, 5.74) is 0.933. The summed E-state index contributed by atoms with van der Waals surface area (Å²) in [5.74, 6) is -0.278. The molecule has 3 rings (SSSR count). The van der Waals surface area contributed by atoms with Crippen LogP contribution in [-0.4, -0.2) is 93.5 Å². The lowest BCUT2D eigenvalue weighted by Crippen LogP contribution is -2.57. The van der Waals surface area contributed by atoms with Crippen LogP contribution in [0.2, 0.25) is 0 Å². The number of piperazine rings is 1. The van der Waals surface area contributed by atoms with Crippen LogP contribution in [0.25, 0.3) is 0 Å². The van der Waals surface area contributed by atoms with Crippen molar-refractivity contribution in [2.75, 3.05) is 50.5 Å². The van der Waals surface area contributed by atoms with Gasteiger partial charge in [-0.05, 0) is 24.3 Å². The Balaban J connectivity index is 1.65. The van der Waals surface area contributed by atoms with Gasteiger partial charge >= 0.3 is 0 Å². The van der Waals surface area contributed by atoms with Gasteiger partial charge in [0.1, 0.15) is 18.0 Å². The van der Waals surface area contributed by atoms with Crippen LogP contribution in [0.1, 0.15) is 0 Å². The highest BCUT2D eigenvalue weighted by atomic mass is 32.2. The van der Waals surface area contributed by atoms with Gasteiger partial charge in [0.25, 0.3) is 0 Å². The van der Waals surface area contributed by atoms with Gasteiger partial charge in [0.2, 0.25) is 10.0 Å². The summed E-state index contributed by atoms with van der Waals surface area (Å²) in [6, 6.07) is 5.91. The molecule has 4 atom stereocenters. The number of aliphatic hydroxyl groups is 2. The van der Waals surface area contributed by atoms with E-state index < -0.39 is 34.4 Å². The second-order valence-electron chi connectivity index (χ2n) is 7.00. The van der Waals surface area contributed by atoms with Crippen LogP contribution >= 0.6 is 0 Å². The zero-order valence-corrected chi connectivity index (χ0v) is 16.0. The number of hydrogen-bond donors (Lipinski definition) is 3. The molecule has 0 spiro atoms. The molecule has 2 heterocycles. The zero-order chi connectivity index (χ0) is 19.6. The number of ether oxygens (including phenoxy) is 1. The first kappa shape index (κ1) is 20.4. The molecule has 2 aliphatic rings. The molecule has 1 aromatic rings. The molecule has 8 nitrogen and oxygen atoms in total. The van der Waals surface area contributed by atoms with Crippen LogP contribution < -0.4 is 9.62 Å². The van der Waals surface area contributed by atoms with E-state index in [-0.39, 0.29) is 19.0 Å². The number of aliphatic hydroxyl groups excluding tert-OH is 2. The maximum Gasteiger partial charge on any atom is 0.208 e. The number of halogens is 1. The number of sulfonamides is 1. The lowest BCUT2D eigenvalue weighted by atomic mass is 10.0. The Morgan fingerprint density at radius 1 is 1.19 bits per heavy atom. The van der Waals surface area contributed by atoms with Gasteiger partial charge in [-0.1, -0.05) is 0 Å². The van der Waals surface area contributed by atoms with E-state index in [1.807, 2.05) is 0 Å². The first-order chi connectivity index (χ1) is 12.8. The van der Waals surface area contributed by atoms with Crippen molar-refractivity contribution < 1.29 is 27.8 Å². The molecule has 4 unspecified atom stereocenters. The number of nitrogens with one attached hydrogen (secondary N) is 1. The van der Waals surface area contributed by atoms with Crippen molar-refractivity contribution in [1.82, 2.24) is 9.62 Å². The van der Waals surface area contributed by atoms with Crippen LogP contribution in [0.3, 0.4) is 0 Å². The van der Waals surface area contributed by atoms with Gasteiger partial charge in [-0.15, -0.1) is 0 Å². The van der Waals surface area contributed by atoms with E-state index in [0.29, 0.717) is 26.2 Å². The predicted octanol–water partition coefficient (Wildman–Crippen LogP) is -1.01. The summed E-state index contributed by atoms with van der Waals surface area (Å²) in [6.07, 6.45) is -1.13. The van der Waals surface area contributed by atoms with Crippen LogP contribution in [0, 0.1) is 5.82 Å². The van der Waals surface area contributed by atoms with Gasteiger partial charge in [-0.25, -0.2) is 17.5 Å². The molecule has 2 fully saturated rings. The van der Waals surface area contributed by atoms with E-state index in [1.54, 1.807) is 12.1 Å². The molecule has 152 valence electrons. The van der Waals surface area contributed by atoms with Crippen LogP contribution in [0.5, 0.6) is 0 Å². The Morgan fingerprint density at radius 2 is 1.81 bits per heavy atom. The van der Waals surface area contributed by atoms with E-state index in [0.717, 1.165) is 11.9 Å².